The summed E-state index contributed by atoms with van der Waals surface area (Å²) in [6.07, 6.45) is 2.30. The van der Waals surface area contributed by atoms with Gasteiger partial charge in [0.25, 0.3) is 0 Å². The standard InChI is InChI=1S/C17H25NO3/c1-2-8-18-17-14-5-3-4-6-15(14)21-12-16(17)20-11-13-7-9-19-10-13/h3-6,13,16-18H,2,7-12H2,1H3. The predicted octanol–water partition coefficient (Wildman–Crippen LogP) is 2.54. The Balaban J connectivity index is 1.66. The topological polar surface area (TPSA) is 39.7 Å². The average Bonchev–Trinajstić information content (AvgIpc) is 3.04. The molecule has 1 saturated heterocycles. The van der Waals surface area contributed by atoms with Crippen molar-refractivity contribution in [3.8, 4) is 5.75 Å². The molecule has 0 bridgehead atoms. The summed E-state index contributed by atoms with van der Waals surface area (Å²) in [5.41, 5.74) is 1.21. The van der Waals surface area contributed by atoms with E-state index in [1.54, 1.807) is 0 Å². The average molecular weight is 291 g/mol. The van der Waals surface area contributed by atoms with Crippen LogP contribution in [0, 0.1) is 5.92 Å². The van der Waals surface area contributed by atoms with Crippen LogP contribution >= 0.6 is 0 Å². The second kappa shape index (κ2) is 7.25. The van der Waals surface area contributed by atoms with E-state index in [-0.39, 0.29) is 12.1 Å². The SMILES string of the molecule is CCCNC1c2ccccc2OCC1OCC1CCOC1. The van der Waals surface area contributed by atoms with Gasteiger partial charge in [0.15, 0.2) is 0 Å². The van der Waals surface area contributed by atoms with Crippen LogP contribution in [0.3, 0.4) is 0 Å². The maximum absolute atomic E-state index is 6.17. The normalized spacial score (nSPS) is 28.1. The number of hydrogen-bond acceptors (Lipinski definition) is 4. The van der Waals surface area contributed by atoms with Crippen molar-refractivity contribution in [2.24, 2.45) is 5.92 Å². The minimum absolute atomic E-state index is 0.0760. The molecule has 2 aliphatic rings. The van der Waals surface area contributed by atoms with Gasteiger partial charge in [-0.25, -0.2) is 0 Å². The molecule has 4 nitrogen and oxygen atoms in total. The van der Waals surface area contributed by atoms with Crippen LogP contribution in [0.5, 0.6) is 5.75 Å². The summed E-state index contributed by atoms with van der Waals surface area (Å²) in [5, 5.41) is 3.62. The van der Waals surface area contributed by atoms with Gasteiger partial charge in [-0.2, -0.15) is 0 Å². The summed E-state index contributed by atoms with van der Waals surface area (Å²) in [5.74, 6) is 1.52. The Morgan fingerprint density at radius 3 is 3.00 bits per heavy atom. The first-order chi connectivity index (χ1) is 10.4. The van der Waals surface area contributed by atoms with Crippen LogP contribution < -0.4 is 10.1 Å². The van der Waals surface area contributed by atoms with Crippen molar-refractivity contribution in [3.05, 3.63) is 29.8 Å². The highest BCUT2D eigenvalue weighted by molar-refractivity contribution is 5.38. The lowest BCUT2D eigenvalue weighted by molar-refractivity contribution is -0.0309. The molecule has 2 heterocycles. The number of benzene rings is 1. The predicted molar refractivity (Wildman–Crippen MR) is 81.6 cm³/mol. The second-order valence-corrected chi connectivity index (χ2v) is 5.88. The molecule has 1 aromatic rings. The van der Waals surface area contributed by atoms with Gasteiger partial charge in [-0.1, -0.05) is 25.1 Å². The van der Waals surface area contributed by atoms with E-state index in [1.165, 1.54) is 5.56 Å². The molecule has 4 heteroatoms. The third-order valence-corrected chi connectivity index (χ3v) is 4.21. The number of nitrogens with one attached hydrogen (secondary N) is 1. The van der Waals surface area contributed by atoms with E-state index < -0.39 is 0 Å². The number of ether oxygens (including phenoxy) is 3. The highest BCUT2D eigenvalue weighted by atomic mass is 16.5. The second-order valence-electron chi connectivity index (χ2n) is 5.88. The fourth-order valence-corrected chi connectivity index (χ4v) is 3.00. The van der Waals surface area contributed by atoms with E-state index in [2.05, 4.69) is 24.4 Å². The fourth-order valence-electron chi connectivity index (χ4n) is 3.00. The lowest BCUT2D eigenvalue weighted by atomic mass is 9.97. The highest BCUT2D eigenvalue weighted by Crippen LogP contribution is 2.33. The van der Waals surface area contributed by atoms with E-state index in [1.807, 2.05) is 12.1 Å². The summed E-state index contributed by atoms with van der Waals surface area (Å²) >= 11 is 0. The van der Waals surface area contributed by atoms with Crippen molar-refractivity contribution in [2.75, 3.05) is 33.0 Å². The maximum Gasteiger partial charge on any atom is 0.124 e. The van der Waals surface area contributed by atoms with Crippen molar-refractivity contribution < 1.29 is 14.2 Å². The minimum Gasteiger partial charge on any atom is -0.490 e. The van der Waals surface area contributed by atoms with Gasteiger partial charge in [0.1, 0.15) is 18.5 Å². The van der Waals surface area contributed by atoms with Crippen molar-refractivity contribution in [1.82, 2.24) is 5.32 Å². The first-order valence-electron chi connectivity index (χ1n) is 8.03. The van der Waals surface area contributed by atoms with E-state index in [4.69, 9.17) is 14.2 Å². The first-order valence-corrected chi connectivity index (χ1v) is 8.03. The fraction of sp³-hybridized carbons (Fsp3) is 0.647. The summed E-state index contributed by atoms with van der Waals surface area (Å²) in [6.45, 7) is 6.26. The van der Waals surface area contributed by atoms with Crippen LogP contribution in [-0.4, -0.2) is 39.1 Å². The van der Waals surface area contributed by atoms with Gasteiger partial charge < -0.3 is 19.5 Å². The Bertz CT molecular complexity index is 445. The Morgan fingerprint density at radius 1 is 1.29 bits per heavy atom. The molecule has 21 heavy (non-hydrogen) atoms. The summed E-state index contributed by atoms with van der Waals surface area (Å²) in [6, 6.07) is 8.48. The summed E-state index contributed by atoms with van der Waals surface area (Å²) in [4.78, 5) is 0. The van der Waals surface area contributed by atoms with Crippen molar-refractivity contribution in [3.63, 3.8) is 0 Å². The Kier molecular flexibility index (Phi) is 5.12. The van der Waals surface area contributed by atoms with Gasteiger partial charge in [-0.3, -0.25) is 0 Å². The molecule has 0 aromatic heterocycles. The van der Waals surface area contributed by atoms with Gasteiger partial charge in [-0.05, 0) is 25.5 Å². The van der Waals surface area contributed by atoms with Crippen LogP contribution in [-0.2, 0) is 9.47 Å². The summed E-state index contributed by atoms with van der Waals surface area (Å²) in [7, 11) is 0. The van der Waals surface area contributed by atoms with Crippen LogP contribution in [0.4, 0.5) is 0 Å². The Morgan fingerprint density at radius 2 is 2.19 bits per heavy atom. The molecular weight excluding hydrogens is 266 g/mol. The molecule has 0 radical (unpaired) electrons. The molecule has 3 atom stereocenters. The van der Waals surface area contributed by atoms with E-state index in [9.17, 15) is 0 Å². The number of fused-ring (bicyclic) bond motifs is 1. The van der Waals surface area contributed by atoms with Crippen molar-refractivity contribution in [1.29, 1.82) is 0 Å². The molecule has 0 saturated carbocycles. The van der Waals surface area contributed by atoms with E-state index in [0.29, 0.717) is 12.5 Å². The molecule has 116 valence electrons. The summed E-state index contributed by atoms with van der Waals surface area (Å²) < 4.78 is 17.4. The van der Waals surface area contributed by atoms with Crippen molar-refractivity contribution in [2.45, 2.75) is 31.9 Å². The molecular formula is C17H25NO3. The molecule has 0 amide bonds. The van der Waals surface area contributed by atoms with Gasteiger partial charge in [0.2, 0.25) is 0 Å². The Labute approximate surface area is 126 Å². The van der Waals surface area contributed by atoms with Crippen LogP contribution in [0.25, 0.3) is 0 Å². The van der Waals surface area contributed by atoms with Crippen LogP contribution in [0.2, 0.25) is 0 Å². The Hall–Kier alpha value is -1.10. The number of hydrogen-bond donors (Lipinski definition) is 1. The smallest absolute Gasteiger partial charge is 0.124 e. The molecule has 0 aliphatic carbocycles. The van der Waals surface area contributed by atoms with E-state index in [0.717, 1.165) is 45.0 Å². The van der Waals surface area contributed by atoms with Gasteiger partial charge >= 0.3 is 0 Å². The molecule has 3 unspecified atom stereocenters. The van der Waals surface area contributed by atoms with Gasteiger partial charge in [-0.15, -0.1) is 0 Å². The first kappa shape index (κ1) is 14.8. The quantitative estimate of drug-likeness (QED) is 0.874. The van der Waals surface area contributed by atoms with Crippen LogP contribution in [0.15, 0.2) is 24.3 Å². The lowest BCUT2D eigenvalue weighted by Crippen LogP contribution is -2.42. The van der Waals surface area contributed by atoms with Crippen molar-refractivity contribution >= 4 is 0 Å². The van der Waals surface area contributed by atoms with Gasteiger partial charge in [0, 0.05) is 18.1 Å². The largest absolute Gasteiger partial charge is 0.490 e. The lowest BCUT2D eigenvalue weighted by Gasteiger charge is -2.34. The zero-order valence-electron chi connectivity index (χ0n) is 12.7. The third-order valence-electron chi connectivity index (χ3n) is 4.21. The number of rotatable bonds is 6. The van der Waals surface area contributed by atoms with Crippen LogP contribution in [0.1, 0.15) is 31.4 Å². The third kappa shape index (κ3) is 3.57. The van der Waals surface area contributed by atoms with E-state index >= 15 is 0 Å². The highest BCUT2D eigenvalue weighted by Gasteiger charge is 2.32. The zero-order valence-corrected chi connectivity index (χ0v) is 12.7. The molecule has 3 rings (SSSR count). The monoisotopic (exact) mass is 291 g/mol. The molecule has 1 N–H and O–H groups in total. The maximum atomic E-state index is 6.17. The zero-order chi connectivity index (χ0) is 14.5. The molecule has 1 aromatic carbocycles. The molecule has 1 fully saturated rings. The molecule has 2 aliphatic heterocycles. The number of para-hydroxylation sites is 1. The minimum atomic E-state index is 0.0760. The molecule has 0 spiro atoms. The van der Waals surface area contributed by atoms with Gasteiger partial charge in [0.05, 0.1) is 19.3 Å².